The number of aliphatic hydroxyl groups excluding tert-OH is 4. The second-order valence-electron chi connectivity index (χ2n) is 15.3. The van der Waals surface area contributed by atoms with Gasteiger partial charge in [0.05, 0.1) is 26.3 Å². The maximum absolute atomic E-state index is 13.6. The van der Waals surface area contributed by atoms with Gasteiger partial charge in [0.25, 0.3) is 0 Å². The zero-order chi connectivity index (χ0) is 44.0. The molecule has 0 aliphatic carbocycles. The second kappa shape index (κ2) is 31.9. The Morgan fingerprint density at radius 2 is 1.03 bits per heavy atom. The lowest BCUT2D eigenvalue weighted by Crippen LogP contribution is -2.59. The first-order valence-electron chi connectivity index (χ1n) is 21.5. The molecule has 0 aromatic carbocycles. The highest BCUT2D eigenvalue weighted by Crippen LogP contribution is 2.15. The summed E-state index contributed by atoms with van der Waals surface area (Å²) in [6.45, 7) is 2.12. The Labute approximate surface area is 348 Å². The van der Waals surface area contributed by atoms with E-state index in [1.165, 1.54) is 19.3 Å². The summed E-state index contributed by atoms with van der Waals surface area (Å²) >= 11 is 0. The van der Waals surface area contributed by atoms with Crippen LogP contribution < -0.4 is 37.6 Å². The Kier molecular flexibility index (Phi) is 28.7. The fourth-order valence-corrected chi connectivity index (χ4v) is 6.46. The lowest BCUT2D eigenvalue weighted by Gasteiger charge is -2.35. The van der Waals surface area contributed by atoms with E-state index in [1.807, 2.05) is 0 Å². The van der Waals surface area contributed by atoms with Crippen molar-refractivity contribution in [2.45, 2.75) is 185 Å². The number of amides is 7. The normalized spacial score (nSPS) is 19.1. The summed E-state index contributed by atoms with van der Waals surface area (Å²) in [4.78, 5) is 88.7. The number of rotatable bonds is 33. The van der Waals surface area contributed by atoms with E-state index < -0.39 is 117 Å². The third-order valence-corrected chi connectivity index (χ3v) is 10.1. The molecule has 59 heavy (non-hydrogen) atoms. The average Bonchev–Trinajstić information content (AvgIpc) is 3.21. The van der Waals surface area contributed by atoms with Gasteiger partial charge in [-0.15, -0.1) is 0 Å². The summed E-state index contributed by atoms with van der Waals surface area (Å²) in [6, 6.07) is -3.52. The van der Waals surface area contributed by atoms with Crippen molar-refractivity contribution in [3.8, 4) is 0 Å². The third-order valence-electron chi connectivity index (χ3n) is 10.1. The Hall–Kier alpha value is -3.91. The van der Waals surface area contributed by atoms with Crippen molar-refractivity contribution in [3.05, 3.63) is 0 Å². The molecule has 0 radical (unpaired) electrons. The summed E-state index contributed by atoms with van der Waals surface area (Å²) < 4.78 is 5.10. The number of primary amides is 1. The molecular weight excluding hydrogens is 770 g/mol. The first kappa shape index (κ1) is 53.1. The first-order chi connectivity index (χ1) is 28.2. The highest BCUT2D eigenvalue weighted by Gasteiger charge is 2.38. The number of carbonyl (C=O) groups is 7. The van der Waals surface area contributed by atoms with Crippen molar-refractivity contribution in [3.63, 3.8) is 0 Å². The largest absolute Gasteiger partial charge is 0.394 e. The highest BCUT2D eigenvalue weighted by molar-refractivity contribution is 5.95. The summed E-state index contributed by atoms with van der Waals surface area (Å²) in [5.74, 6) is -5.07. The molecule has 12 N–H and O–H groups in total. The zero-order valence-electron chi connectivity index (χ0n) is 35.1. The van der Waals surface area contributed by atoms with Crippen molar-refractivity contribution < 1.29 is 58.7 Å². The molecule has 340 valence electrons. The number of unbranched alkanes of at least 4 members (excludes halogenated alkanes) is 14. The molecule has 7 atom stereocenters. The summed E-state index contributed by atoms with van der Waals surface area (Å²) in [6.07, 6.45) is 10.1. The number of hydrogen-bond donors (Lipinski definition) is 11. The molecule has 1 aliphatic rings. The molecule has 7 amide bonds. The van der Waals surface area contributed by atoms with Crippen LogP contribution in [0.1, 0.15) is 142 Å². The maximum atomic E-state index is 13.6. The molecule has 1 fully saturated rings. The minimum atomic E-state index is -1.60. The Morgan fingerprint density at radius 3 is 1.56 bits per heavy atom. The first-order valence-corrected chi connectivity index (χ1v) is 21.5. The standard InChI is InChI=1S/C40H73N7O12/c1-3-5-7-9-11-13-15-17-19-27(37(56)42-23-31(41)50)46-39(58)28(20-18-16-14-12-10-8-6-4-2)44-34(53)24-43-38(57)29(25-48)45-32(51)21-22-33(52)47-40-36(55)35(54)30(49)26-59-40/h27-30,35-36,40,48-49,54-55H,3-26H2,1-2H3,(H2,41,50)(H,42,56)(H,43,57)(H,44,53)(H,45,51)(H,46,58)(H,47,52)/t27?,28?,29?,30-,35-,36+,40+/m0/s1. The average molecular weight is 844 g/mol. The van der Waals surface area contributed by atoms with Crippen LogP contribution in [0.25, 0.3) is 0 Å². The molecule has 0 aromatic rings. The summed E-state index contributed by atoms with van der Waals surface area (Å²) in [5, 5.41) is 53.8. The van der Waals surface area contributed by atoms with Gasteiger partial charge in [-0.25, -0.2) is 0 Å². The van der Waals surface area contributed by atoms with Crippen LogP contribution in [0.4, 0.5) is 0 Å². The SMILES string of the molecule is CCCCCCCCCCC(NC(=O)CNC(=O)C(CO)NC(=O)CCC(=O)N[C@@H]1OC[C@H](O)[C@H](O)[C@H]1O)C(=O)NC(CCCCCCCCCC)C(=O)NCC(N)=O. The van der Waals surface area contributed by atoms with Gasteiger partial charge in [-0.1, -0.05) is 117 Å². The van der Waals surface area contributed by atoms with Crippen LogP contribution >= 0.6 is 0 Å². The van der Waals surface area contributed by atoms with E-state index in [-0.39, 0.29) is 13.0 Å². The molecule has 0 spiro atoms. The molecule has 1 rings (SSSR count). The van der Waals surface area contributed by atoms with Gasteiger partial charge in [0.1, 0.15) is 36.4 Å². The number of ether oxygens (including phenoxy) is 1. The van der Waals surface area contributed by atoms with Gasteiger partial charge in [-0.2, -0.15) is 0 Å². The summed E-state index contributed by atoms with van der Waals surface area (Å²) in [5.41, 5.74) is 5.22. The molecule has 19 nitrogen and oxygen atoms in total. The smallest absolute Gasteiger partial charge is 0.245 e. The Balaban J connectivity index is 2.81. The number of nitrogens with one attached hydrogen (secondary N) is 6. The molecule has 3 unspecified atom stereocenters. The molecule has 1 aliphatic heterocycles. The van der Waals surface area contributed by atoms with Gasteiger partial charge in [-0.3, -0.25) is 33.6 Å². The molecule has 1 saturated heterocycles. The van der Waals surface area contributed by atoms with Crippen molar-refractivity contribution in [1.29, 1.82) is 0 Å². The van der Waals surface area contributed by atoms with E-state index >= 15 is 0 Å². The van der Waals surface area contributed by atoms with Crippen LogP contribution in [0.5, 0.6) is 0 Å². The molecule has 0 saturated carbocycles. The minimum absolute atomic E-state index is 0.255. The summed E-state index contributed by atoms with van der Waals surface area (Å²) in [7, 11) is 0. The van der Waals surface area contributed by atoms with Crippen LogP contribution in [0.15, 0.2) is 0 Å². The topological polar surface area (TPSA) is 308 Å². The van der Waals surface area contributed by atoms with Gasteiger partial charge in [-0.05, 0) is 12.8 Å². The fourth-order valence-electron chi connectivity index (χ4n) is 6.46. The monoisotopic (exact) mass is 844 g/mol. The van der Waals surface area contributed by atoms with E-state index in [0.29, 0.717) is 19.3 Å². The van der Waals surface area contributed by atoms with Crippen molar-refractivity contribution in [2.75, 3.05) is 26.3 Å². The van der Waals surface area contributed by atoms with E-state index in [9.17, 15) is 54.0 Å². The lowest BCUT2D eigenvalue weighted by atomic mass is 10.0. The highest BCUT2D eigenvalue weighted by atomic mass is 16.5. The van der Waals surface area contributed by atoms with Crippen LogP contribution in [-0.2, 0) is 38.3 Å². The van der Waals surface area contributed by atoms with Crippen molar-refractivity contribution >= 4 is 41.4 Å². The Morgan fingerprint density at radius 1 is 0.576 bits per heavy atom. The predicted octanol–water partition coefficient (Wildman–Crippen LogP) is -0.452. The maximum Gasteiger partial charge on any atom is 0.245 e. The van der Waals surface area contributed by atoms with Gasteiger partial charge in [0.2, 0.25) is 41.4 Å². The molecule has 0 bridgehead atoms. The van der Waals surface area contributed by atoms with Crippen LogP contribution in [0, 0.1) is 0 Å². The molecule has 0 aromatic heterocycles. The van der Waals surface area contributed by atoms with E-state index in [0.717, 1.165) is 70.6 Å². The number of nitrogens with two attached hydrogens (primary N) is 1. The lowest BCUT2D eigenvalue weighted by molar-refractivity contribution is -0.196. The third kappa shape index (κ3) is 24.1. The quantitative estimate of drug-likeness (QED) is 0.0375. The number of aliphatic hydroxyl groups is 4. The minimum Gasteiger partial charge on any atom is -0.394 e. The fraction of sp³-hybridized carbons (Fsp3) is 0.825. The molecular formula is C40H73N7O12. The van der Waals surface area contributed by atoms with Crippen LogP contribution in [0.2, 0.25) is 0 Å². The van der Waals surface area contributed by atoms with Gasteiger partial charge in [0, 0.05) is 12.8 Å². The predicted molar refractivity (Wildman–Crippen MR) is 218 cm³/mol. The molecule has 19 heteroatoms. The van der Waals surface area contributed by atoms with Gasteiger partial charge in [0.15, 0.2) is 6.23 Å². The van der Waals surface area contributed by atoms with Gasteiger partial charge >= 0.3 is 0 Å². The van der Waals surface area contributed by atoms with E-state index in [2.05, 4.69) is 45.7 Å². The van der Waals surface area contributed by atoms with Gasteiger partial charge < -0.3 is 62.8 Å². The number of carbonyl (C=O) groups excluding carboxylic acids is 7. The van der Waals surface area contributed by atoms with Crippen LogP contribution in [0.3, 0.4) is 0 Å². The van der Waals surface area contributed by atoms with E-state index in [4.69, 9.17) is 10.5 Å². The second-order valence-corrected chi connectivity index (χ2v) is 15.3. The number of hydrogen-bond acceptors (Lipinski definition) is 12. The zero-order valence-corrected chi connectivity index (χ0v) is 35.1. The molecule has 1 heterocycles. The van der Waals surface area contributed by atoms with Crippen molar-refractivity contribution in [2.24, 2.45) is 5.73 Å². The Bertz CT molecular complexity index is 1280. The van der Waals surface area contributed by atoms with Crippen molar-refractivity contribution in [1.82, 2.24) is 31.9 Å². The van der Waals surface area contributed by atoms with Crippen LogP contribution in [-0.4, -0.2) is 131 Å². The van der Waals surface area contributed by atoms with E-state index in [1.54, 1.807) is 0 Å².